The van der Waals surface area contributed by atoms with Gasteiger partial charge in [0.05, 0.1) is 12.4 Å². The van der Waals surface area contributed by atoms with Crippen LogP contribution in [0.2, 0.25) is 0 Å². The summed E-state index contributed by atoms with van der Waals surface area (Å²) >= 11 is 0. The number of ether oxygens (including phenoxy) is 2. The predicted octanol–water partition coefficient (Wildman–Crippen LogP) is 2.56. The quantitative estimate of drug-likeness (QED) is 0.699. The molecule has 0 bridgehead atoms. The van der Waals surface area contributed by atoms with E-state index >= 15 is 0 Å². The van der Waals surface area contributed by atoms with Crippen molar-refractivity contribution in [2.24, 2.45) is 29.6 Å². The molecular weight excluding hydrogens is 276 g/mol. The zero-order chi connectivity index (χ0) is 14.7. The molecule has 4 fully saturated rings. The molecule has 2 N–H and O–H groups in total. The molecule has 3 aliphatic carbocycles. The Morgan fingerprint density at radius 3 is 2.91 bits per heavy atom. The third kappa shape index (κ3) is 1.81. The first-order valence-electron chi connectivity index (χ1n) is 9.21. The molecule has 2 aliphatic heterocycles. The highest BCUT2D eigenvalue weighted by Gasteiger charge is 2.59. The van der Waals surface area contributed by atoms with Gasteiger partial charge in [-0.05, 0) is 55.1 Å². The van der Waals surface area contributed by atoms with Gasteiger partial charge in [-0.25, -0.2) is 0 Å². The highest BCUT2D eigenvalue weighted by molar-refractivity contribution is 5.29. The Balaban J connectivity index is 1.50. The van der Waals surface area contributed by atoms with Crippen molar-refractivity contribution in [3.05, 3.63) is 24.0 Å². The lowest BCUT2D eigenvalue weighted by atomic mass is 9.66. The van der Waals surface area contributed by atoms with Crippen molar-refractivity contribution in [2.45, 2.75) is 56.8 Å². The van der Waals surface area contributed by atoms with E-state index in [4.69, 9.17) is 9.47 Å². The Morgan fingerprint density at radius 2 is 1.95 bits per heavy atom. The zero-order valence-electron chi connectivity index (χ0n) is 13.1. The number of hydrogen-bond donors (Lipinski definition) is 1. The molecule has 8 atom stereocenters. The number of aliphatic hydroxyl groups is 3. The summed E-state index contributed by atoms with van der Waals surface area (Å²) in [4.78, 5) is 0. The molecule has 3 saturated carbocycles. The summed E-state index contributed by atoms with van der Waals surface area (Å²) < 4.78 is 10.7. The number of rotatable bonds is 0. The van der Waals surface area contributed by atoms with E-state index in [1.54, 1.807) is 0 Å². The lowest BCUT2D eigenvalue weighted by Gasteiger charge is -2.42. The summed E-state index contributed by atoms with van der Waals surface area (Å²) in [5, 5.41) is 11.2. The van der Waals surface area contributed by atoms with Crippen LogP contribution in [0.3, 0.4) is 0 Å². The van der Waals surface area contributed by atoms with Gasteiger partial charge in [0.15, 0.2) is 6.10 Å². The molecule has 120 valence electrons. The van der Waals surface area contributed by atoms with Crippen molar-refractivity contribution in [2.75, 3.05) is 6.61 Å². The maximum Gasteiger partial charge on any atom is 0.158 e. The van der Waals surface area contributed by atoms with Crippen LogP contribution in [0, 0.1) is 29.6 Å². The Hall–Kier alpha value is -0.800. The molecule has 0 aromatic heterocycles. The molecule has 22 heavy (non-hydrogen) atoms. The SMILES string of the molecule is OC1C2C3=CC=COC3CCC2C2CCC3[OH+]CCCC3C12. The normalized spacial score (nSPS) is 52.7. The van der Waals surface area contributed by atoms with Crippen LogP contribution in [0.5, 0.6) is 0 Å². The maximum absolute atomic E-state index is 11.2. The minimum atomic E-state index is -0.166. The summed E-state index contributed by atoms with van der Waals surface area (Å²) in [6.07, 6.45) is 14.1. The van der Waals surface area contributed by atoms with E-state index in [1.807, 2.05) is 12.3 Å². The van der Waals surface area contributed by atoms with Crippen LogP contribution >= 0.6 is 0 Å². The highest BCUT2D eigenvalue weighted by Crippen LogP contribution is 2.59. The van der Waals surface area contributed by atoms with Gasteiger partial charge in [-0.1, -0.05) is 6.08 Å². The topological polar surface area (TPSA) is 42.3 Å². The van der Waals surface area contributed by atoms with Gasteiger partial charge in [0.1, 0.15) is 12.7 Å². The molecule has 0 radical (unpaired) electrons. The summed E-state index contributed by atoms with van der Waals surface area (Å²) in [6, 6.07) is 0. The molecule has 0 spiro atoms. The van der Waals surface area contributed by atoms with Gasteiger partial charge in [0, 0.05) is 24.7 Å². The molecule has 0 amide bonds. The minimum Gasteiger partial charge on any atom is -0.494 e. The molecule has 5 aliphatic rings. The van der Waals surface area contributed by atoms with Gasteiger partial charge in [-0.15, -0.1) is 0 Å². The smallest absolute Gasteiger partial charge is 0.158 e. The molecule has 8 unspecified atom stereocenters. The minimum absolute atomic E-state index is 0.166. The standard InChI is InChI=1S/C19H26O3/c20-19-17-11(5-7-15-13(17)3-1-9-21-15)12-6-8-16-14(18(12)19)4-2-10-22-16/h1,3,9,11-12,14-20H,2,4-8,10H2/p+1. The lowest BCUT2D eigenvalue weighted by Crippen LogP contribution is -2.46. The summed E-state index contributed by atoms with van der Waals surface area (Å²) in [6.45, 7) is 1.05. The first kappa shape index (κ1) is 13.6. The third-order valence-corrected chi connectivity index (χ3v) is 7.24. The predicted molar refractivity (Wildman–Crippen MR) is 84.1 cm³/mol. The van der Waals surface area contributed by atoms with E-state index in [2.05, 4.69) is 6.08 Å². The molecule has 0 aromatic rings. The van der Waals surface area contributed by atoms with Gasteiger partial charge >= 0.3 is 0 Å². The number of fused-ring (bicyclic) bond motifs is 7. The molecule has 1 saturated heterocycles. The largest absolute Gasteiger partial charge is 0.494 e. The average Bonchev–Trinajstić information content (AvgIpc) is 2.88. The first-order valence-corrected chi connectivity index (χ1v) is 9.21. The Kier molecular flexibility index (Phi) is 3.16. The second kappa shape index (κ2) is 5.10. The zero-order valence-corrected chi connectivity index (χ0v) is 13.1. The van der Waals surface area contributed by atoms with E-state index in [-0.39, 0.29) is 12.2 Å². The van der Waals surface area contributed by atoms with Crippen LogP contribution in [-0.2, 0) is 4.74 Å². The van der Waals surface area contributed by atoms with Gasteiger partial charge in [-0.3, -0.25) is 0 Å². The van der Waals surface area contributed by atoms with E-state index in [0.717, 1.165) is 18.9 Å². The Labute approximate surface area is 132 Å². The Bertz CT molecular complexity index is 511. The monoisotopic (exact) mass is 303 g/mol. The van der Waals surface area contributed by atoms with Crippen LogP contribution in [0.15, 0.2) is 24.0 Å². The van der Waals surface area contributed by atoms with Crippen molar-refractivity contribution in [1.82, 2.24) is 0 Å². The summed E-state index contributed by atoms with van der Waals surface area (Å²) in [5.41, 5.74) is 1.38. The third-order valence-electron chi connectivity index (χ3n) is 7.24. The number of allylic oxidation sites excluding steroid dienone is 2. The van der Waals surface area contributed by atoms with E-state index in [9.17, 15) is 5.11 Å². The second-order valence-corrected chi connectivity index (χ2v) is 7.98. The first-order chi connectivity index (χ1) is 10.8. The van der Waals surface area contributed by atoms with Crippen molar-refractivity contribution in [3.63, 3.8) is 0 Å². The van der Waals surface area contributed by atoms with Crippen LogP contribution < -0.4 is 0 Å². The van der Waals surface area contributed by atoms with Crippen molar-refractivity contribution in [1.29, 1.82) is 0 Å². The lowest BCUT2D eigenvalue weighted by molar-refractivity contribution is -0.197. The Morgan fingerprint density at radius 1 is 1.05 bits per heavy atom. The van der Waals surface area contributed by atoms with Gasteiger partial charge < -0.3 is 14.6 Å². The van der Waals surface area contributed by atoms with Crippen molar-refractivity contribution < 1.29 is 14.6 Å². The van der Waals surface area contributed by atoms with Gasteiger partial charge in [0.25, 0.3) is 0 Å². The molecule has 2 heterocycles. The van der Waals surface area contributed by atoms with Crippen molar-refractivity contribution in [3.8, 4) is 0 Å². The molecular formula is C19H27O3+. The molecule has 0 aromatic carbocycles. The summed E-state index contributed by atoms with van der Waals surface area (Å²) in [5.74, 6) is 2.89. The molecule has 3 nitrogen and oxygen atoms in total. The van der Waals surface area contributed by atoms with Crippen molar-refractivity contribution >= 4 is 0 Å². The fourth-order valence-corrected chi connectivity index (χ4v) is 6.52. The fourth-order valence-electron chi connectivity index (χ4n) is 6.52. The van der Waals surface area contributed by atoms with Crippen LogP contribution in [0.25, 0.3) is 0 Å². The van der Waals surface area contributed by atoms with Crippen LogP contribution in [0.1, 0.15) is 38.5 Å². The average molecular weight is 303 g/mol. The highest BCUT2D eigenvalue weighted by atomic mass is 16.5. The van der Waals surface area contributed by atoms with E-state index in [1.165, 1.54) is 37.7 Å². The summed E-state index contributed by atoms with van der Waals surface area (Å²) in [7, 11) is 0. The molecule has 5 rings (SSSR count). The van der Waals surface area contributed by atoms with E-state index < -0.39 is 0 Å². The fraction of sp³-hybridized carbons (Fsp3) is 0.789. The second-order valence-electron chi connectivity index (χ2n) is 7.98. The van der Waals surface area contributed by atoms with Crippen LogP contribution in [-0.4, -0.2) is 34.8 Å². The maximum atomic E-state index is 11.2. The molecule has 3 heteroatoms. The van der Waals surface area contributed by atoms with E-state index in [0.29, 0.717) is 29.8 Å². The van der Waals surface area contributed by atoms with Crippen LogP contribution in [0.4, 0.5) is 0 Å². The van der Waals surface area contributed by atoms with Gasteiger partial charge in [0.2, 0.25) is 0 Å². The number of aliphatic hydroxyl groups excluding tert-OH is 1. The number of hydrogen-bond acceptors (Lipinski definition) is 2. The van der Waals surface area contributed by atoms with Gasteiger partial charge in [-0.2, -0.15) is 0 Å².